The number of nitrogens with zero attached hydrogens (tertiary/aromatic N) is 2. The number of hydrogen-bond donors (Lipinski definition) is 0. The van der Waals surface area contributed by atoms with Crippen LogP contribution in [-0.4, -0.2) is 16.7 Å². The van der Waals surface area contributed by atoms with Crippen LogP contribution in [0.4, 0.5) is 0 Å². The molecule has 0 N–H and O–H groups in total. The molecule has 23 heavy (non-hydrogen) atoms. The van der Waals surface area contributed by atoms with E-state index in [1.165, 1.54) is 0 Å². The Kier molecular flexibility index (Phi) is 4.15. The van der Waals surface area contributed by atoms with Crippen molar-refractivity contribution in [2.24, 2.45) is 7.05 Å². The van der Waals surface area contributed by atoms with Crippen molar-refractivity contribution in [3.05, 3.63) is 70.1 Å². The standard InChI is InChI=1S/C19H20N2O2/c1-4-15(13-9-11-14(23-3)12-10-13)18-19(22)21(2)17-8-6-5-7-16(17)20-18/h5-12,15H,4H2,1-3H3. The van der Waals surface area contributed by atoms with E-state index in [1.807, 2.05) is 48.5 Å². The minimum Gasteiger partial charge on any atom is -0.497 e. The maximum Gasteiger partial charge on any atom is 0.273 e. The van der Waals surface area contributed by atoms with E-state index in [4.69, 9.17) is 4.74 Å². The second-order valence-corrected chi connectivity index (χ2v) is 5.58. The third kappa shape index (κ3) is 2.72. The van der Waals surface area contributed by atoms with Crippen molar-refractivity contribution in [1.29, 1.82) is 0 Å². The third-order valence-corrected chi connectivity index (χ3v) is 4.26. The first-order valence-corrected chi connectivity index (χ1v) is 7.75. The smallest absolute Gasteiger partial charge is 0.273 e. The summed E-state index contributed by atoms with van der Waals surface area (Å²) >= 11 is 0. The number of benzene rings is 2. The summed E-state index contributed by atoms with van der Waals surface area (Å²) in [6.45, 7) is 2.07. The molecule has 0 aliphatic carbocycles. The number of aromatic nitrogens is 2. The molecule has 0 fully saturated rings. The van der Waals surface area contributed by atoms with Gasteiger partial charge in [0.1, 0.15) is 11.4 Å². The fourth-order valence-corrected chi connectivity index (χ4v) is 2.95. The molecule has 0 aliphatic rings. The molecule has 0 saturated carbocycles. The lowest BCUT2D eigenvalue weighted by molar-refractivity contribution is 0.414. The highest BCUT2D eigenvalue weighted by Crippen LogP contribution is 2.27. The summed E-state index contributed by atoms with van der Waals surface area (Å²) in [6, 6.07) is 15.6. The molecular weight excluding hydrogens is 288 g/mol. The summed E-state index contributed by atoms with van der Waals surface area (Å²) in [5, 5.41) is 0. The second kappa shape index (κ2) is 6.24. The molecule has 118 valence electrons. The highest BCUT2D eigenvalue weighted by molar-refractivity contribution is 5.74. The van der Waals surface area contributed by atoms with E-state index in [2.05, 4.69) is 11.9 Å². The average molecular weight is 308 g/mol. The molecule has 3 rings (SSSR count). The average Bonchev–Trinajstić information content (AvgIpc) is 2.60. The zero-order valence-corrected chi connectivity index (χ0v) is 13.6. The molecule has 0 bridgehead atoms. The van der Waals surface area contributed by atoms with Crippen molar-refractivity contribution in [3.63, 3.8) is 0 Å². The Morgan fingerprint density at radius 2 is 1.83 bits per heavy atom. The van der Waals surface area contributed by atoms with Crippen molar-refractivity contribution < 1.29 is 4.74 Å². The molecule has 1 atom stereocenters. The molecule has 2 aromatic carbocycles. The van der Waals surface area contributed by atoms with Crippen LogP contribution in [0.25, 0.3) is 11.0 Å². The SMILES string of the molecule is CCC(c1ccc(OC)cc1)c1nc2ccccc2n(C)c1=O. The van der Waals surface area contributed by atoms with Crippen LogP contribution in [0.2, 0.25) is 0 Å². The Hall–Kier alpha value is -2.62. The molecule has 1 unspecified atom stereocenters. The lowest BCUT2D eigenvalue weighted by Gasteiger charge is -2.17. The van der Waals surface area contributed by atoms with Crippen LogP contribution in [0, 0.1) is 0 Å². The topological polar surface area (TPSA) is 44.1 Å². The van der Waals surface area contributed by atoms with Gasteiger partial charge in [0.2, 0.25) is 0 Å². The number of ether oxygens (including phenoxy) is 1. The van der Waals surface area contributed by atoms with Gasteiger partial charge in [-0.1, -0.05) is 31.2 Å². The van der Waals surface area contributed by atoms with Crippen LogP contribution >= 0.6 is 0 Å². The van der Waals surface area contributed by atoms with Crippen LogP contribution in [0.15, 0.2) is 53.3 Å². The fourth-order valence-electron chi connectivity index (χ4n) is 2.95. The Morgan fingerprint density at radius 3 is 2.48 bits per heavy atom. The molecule has 0 spiro atoms. The van der Waals surface area contributed by atoms with Crippen LogP contribution in [0.5, 0.6) is 5.75 Å². The van der Waals surface area contributed by atoms with E-state index < -0.39 is 0 Å². The maximum atomic E-state index is 12.8. The summed E-state index contributed by atoms with van der Waals surface area (Å²) in [4.78, 5) is 17.4. The normalized spacial score (nSPS) is 12.3. The van der Waals surface area contributed by atoms with Gasteiger partial charge in [-0.15, -0.1) is 0 Å². The molecule has 4 heteroatoms. The fraction of sp³-hybridized carbons (Fsp3) is 0.263. The molecular formula is C19H20N2O2. The first-order valence-electron chi connectivity index (χ1n) is 7.75. The van der Waals surface area contributed by atoms with Crippen molar-refractivity contribution in [1.82, 2.24) is 9.55 Å². The van der Waals surface area contributed by atoms with Crippen LogP contribution in [0.1, 0.15) is 30.5 Å². The zero-order valence-electron chi connectivity index (χ0n) is 13.6. The Labute approximate surface area is 135 Å². The van der Waals surface area contributed by atoms with Gasteiger partial charge in [0.25, 0.3) is 5.56 Å². The molecule has 0 amide bonds. The molecule has 0 saturated heterocycles. The molecule has 0 radical (unpaired) electrons. The predicted octanol–water partition coefficient (Wildman–Crippen LogP) is 3.48. The number of para-hydroxylation sites is 2. The molecule has 1 heterocycles. The molecule has 4 nitrogen and oxygen atoms in total. The van der Waals surface area contributed by atoms with Crippen LogP contribution in [-0.2, 0) is 7.05 Å². The minimum absolute atomic E-state index is 0.0239. The van der Waals surface area contributed by atoms with Gasteiger partial charge in [0.15, 0.2) is 0 Å². The quantitative estimate of drug-likeness (QED) is 0.741. The Balaban J connectivity index is 2.15. The molecule has 3 aromatic rings. The highest BCUT2D eigenvalue weighted by atomic mass is 16.5. The largest absolute Gasteiger partial charge is 0.497 e. The summed E-state index contributed by atoms with van der Waals surface area (Å²) in [5.74, 6) is 0.784. The predicted molar refractivity (Wildman–Crippen MR) is 92.1 cm³/mol. The van der Waals surface area contributed by atoms with E-state index >= 15 is 0 Å². The first-order chi connectivity index (χ1) is 11.2. The maximum absolute atomic E-state index is 12.8. The van der Waals surface area contributed by atoms with Crippen LogP contribution < -0.4 is 10.3 Å². The number of aryl methyl sites for hydroxylation is 1. The van der Waals surface area contributed by atoms with E-state index in [1.54, 1.807) is 18.7 Å². The summed E-state index contributed by atoms with van der Waals surface area (Å²) in [7, 11) is 3.45. The van der Waals surface area contributed by atoms with E-state index in [0.29, 0.717) is 5.69 Å². The lowest BCUT2D eigenvalue weighted by atomic mass is 9.93. The van der Waals surface area contributed by atoms with Gasteiger partial charge >= 0.3 is 0 Å². The minimum atomic E-state index is -0.0358. The molecule has 1 aromatic heterocycles. The second-order valence-electron chi connectivity index (χ2n) is 5.58. The van der Waals surface area contributed by atoms with Crippen molar-refractivity contribution in [2.75, 3.05) is 7.11 Å². The molecule has 0 aliphatic heterocycles. The highest BCUT2D eigenvalue weighted by Gasteiger charge is 2.19. The first kappa shape index (κ1) is 15.3. The van der Waals surface area contributed by atoms with E-state index in [9.17, 15) is 4.79 Å². The number of methoxy groups -OCH3 is 1. The van der Waals surface area contributed by atoms with Gasteiger partial charge in [0, 0.05) is 13.0 Å². The lowest BCUT2D eigenvalue weighted by Crippen LogP contribution is -2.25. The number of fused-ring (bicyclic) bond motifs is 1. The van der Waals surface area contributed by atoms with Gasteiger partial charge in [-0.3, -0.25) is 4.79 Å². The van der Waals surface area contributed by atoms with Crippen LogP contribution in [0.3, 0.4) is 0 Å². The van der Waals surface area contributed by atoms with Gasteiger partial charge in [-0.2, -0.15) is 0 Å². The van der Waals surface area contributed by atoms with Gasteiger partial charge in [-0.25, -0.2) is 4.98 Å². The number of hydrogen-bond acceptors (Lipinski definition) is 3. The monoisotopic (exact) mass is 308 g/mol. The van der Waals surface area contributed by atoms with Crippen molar-refractivity contribution in [2.45, 2.75) is 19.3 Å². The van der Waals surface area contributed by atoms with E-state index in [-0.39, 0.29) is 11.5 Å². The Bertz CT molecular complexity index is 882. The number of rotatable bonds is 4. The summed E-state index contributed by atoms with van der Waals surface area (Å²) < 4.78 is 6.89. The van der Waals surface area contributed by atoms with Crippen molar-refractivity contribution in [3.8, 4) is 5.75 Å². The van der Waals surface area contributed by atoms with Gasteiger partial charge < -0.3 is 9.30 Å². The Morgan fingerprint density at radius 1 is 1.13 bits per heavy atom. The van der Waals surface area contributed by atoms with Gasteiger partial charge in [-0.05, 0) is 36.2 Å². The van der Waals surface area contributed by atoms with Gasteiger partial charge in [0.05, 0.1) is 18.1 Å². The summed E-state index contributed by atoms with van der Waals surface area (Å²) in [6.07, 6.45) is 0.812. The van der Waals surface area contributed by atoms with Crippen molar-refractivity contribution >= 4 is 11.0 Å². The summed E-state index contributed by atoms with van der Waals surface area (Å²) in [5.41, 5.74) is 3.33. The van der Waals surface area contributed by atoms with E-state index in [0.717, 1.165) is 28.8 Å². The zero-order chi connectivity index (χ0) is 16.4. The third-order valence-electron chi connectivity index (χ3n) is 4.26.